The lowest BCUT2D eigenvalue weighted by molar-refractivity contribution is -0.683. The zero-order valence-corrected chi connectivity index (χ0v) is 14.9. The second-order valence-corrected chi connectivity index (χ2v) is 6.75. The number of benzene rings is 2. The summed E-state index contributed by atoms with van der Waals surface area (Å²) in [5.74, 6) is 0.340. The van der Waals surface area contributed by atoms with E-state index in [1.165, 1.54) is 11.8 Å². The first-order valence-electron chi connectivity index (χ1n) is 7.71. The minimum atomic E-state index is -0.0174. The van der Waals surface area contributed by atoms with Crippen molar-refractivity contribution in [3.63, 3.8) is 0 Å². The van der Waals surface area contributed by atoms with Crippen molar-refractivity contribution in [3.8, 4) is 0 Å². The van der Waals surface area contributed by atoms with Crippen LogP contribution in [0.3, 0.4) is 0 Å². The number of carbonyl (C=O) groups excluding carboxylic acids is 1. The number of imidazole rings is 1. The lowest BCUT2D eigenvalue weighted by Gasteiger charge is -2.12. The van der Waals surface area contributed by atoms with E-state index in [2.05, 4.69) is 20.9 Å². The number of amides is 1. The zero-order valence-electron chi connectivity index (χ0n) is 14.0. The molecule has 0 aliphatic heterocycles. The number of thioether (sulfide) groups is 1. The van der Waals surface area contributed by atoms with Crippen molar-refractivity contribution in [3.05, 3.63) is 48.5 Å². The number of H-pyrrole nitrogens is 1. The summed E-state index contributed by atoms with van der Waals surface area (Å²) in [4.78, 5) is 17.5. The zero-order chi connectivity index (χ0) is 17.1. The van der Waals surface area contributed by atoms with Gasteiger partial charge in [0.15, 0.2) is 11.0 Å². The van der Waals surface area contributed by atoms with Gasteiger partial charge >= 0.3 is 5.16 Å². The Morgan fingerprint density at radius 2 is 1.88 bits per heavy atom. The van der Waals surface area contributed by atoms with Gasteiger partial charge in [0, 0.05) is 25.5 Å². The molecule has 0 saturated heterocycles. The Hall–Kier alpha value is -2.47. The number of hydrogen-bond acceptors (Lipinski definition) is 3. The first kappa shape index (κ1) is 16.4. The average molecular weight is 341 g/mol. The number of fused-ring (bicyclic) bond motifs is 1. The first-order valence-corrected chi connectivity index (χ1v) is 8.70. The number of carbonyl (C=O) groups is 1. The monoisotopic (exact) mass is 341 g/mol. The predicted molar refractivity (Wildman–Crippen MR) is 99.6 cm³/mol. The number of hydrogen-bond donors (Lipinski definition) is 2. The maximum atomic E-state index is 12.2. The van der Waals surface area contributed by atoms with Crippen molar-refractivity contribution >= 4 is 40.1 Å². The number of para-hydroxylation sites is 2. The van der Waals surface area contributed by atoms with Crippen LogP contribution in [0.15, 0.2) is 53.7 Å². The number of nitrogens with one attached hydrogen (secondary N) is 2. The van der Waals surface area contributed by atoms with Crippen LogP contribution in [0.25, 0.3) is 11.0 Å². The van der Waals surface area contributed by atoms with E-state index in [0.29, 0.717) is 5.75 Å². The third-order valence-corrected chi connectivity index (χ3v) is 4.87. The Labute approximate surface area is 145 Å². The van der Waals surface area contributed by atoms with Crippen LogP contribution >= 0.6 is 11.8 Å². The number of anilines is 2. The fourth-order valence-electron chi connectivity index (χ4n) is 2.49. The molecule has 2 aromatic carbocycles. The number of aromatic amines is 1. The van der Waals surface area contributed by atoms with Gasteiger partial charge in [-0.1, -0.05) is 12.1 Å². The third kappa shape index (κ3) is 3.54. The van der Waals surface area contributed by atoms with Gasteiger partial charge in [0.2, 0.25) is 5.91 Å². The Balaban J connectivity index is 1.61. The molecule has 5 nitrogen and oxygen atoms in total. The van der Waals surface area contributed by atoms with Crippen LogP contribution in [0.2, 0.25) is 0 Å². The predicted octanol–water partition coefficient (Wildman–Crippen LogP) is 2.79. The second-order valence-electron chi connectivity index (χ2n) is 5.78. The van der Waals surface area contributed by atoms with E-state index in [1.54, 1.807) is 0 Å². The molecule has 0 unspecified atom stereocenters. The van der Waals surface area contributed by atoms with E-state index < -0.39 is 0 Å². The van der Waals surface area contributed by atoms with Gasteiger partial charge in [-0.2, -0.15) is 0 Å². The molecule has 0 spiro atoms. The minimum absolute atomic E-state index is 0.0174. The molecule has 1 heterocycles. The fourth-order valence-corrected chi connectivity index (χ4v) is 3.30. The largest absolute Gasteiger partial charge is 0.378 e. The summed E-state index contributed by atoms with van der Waals surface area (Å²) in [6.07, 6.45) is 0. The van der Waals surface area contributed by atoms with E-state index in [-0.39, 0.29) is 5.91 Å². The van der Waals surface area contributed by atoms with Crippen molar-refractivity contribution in [2.45, 2.75) is 5.16 Å². The molecule has 0 fully saturated rings. The van der Waals surface area contributed by atoms with Gasteiger partial charge < -0.3 is 10.2 Å². The Morgan fingerprint density at radius 1 is 1.17 bits per heavy atom. The highest BCUT2D eigenvalue weighted by Crippen LogP contribution is 2.19. The molecule has 2 N–H and O–H groups in total. The normalized spacial score (nSPS) is 10.8. The van der Waals surface area contributed by atoms with E-state index in [1.807, 2.05) is 68.5 Å². The highest BCUT2D eigenvalue weighted by Gasteiger charge is 2.16. The summed E-state index contributed by atoms with van der Waals surface area (Å²) >= 11 is 1.50. The van der Waals surface area contributed by atoms with Gasteiger partial charge in [0.05, 0.1) is 12.8 Å². The van der Waals surface area contributed by atoms with Gasteiger partial charge in [-0.25, -0.2) is 9.55 Å². The molecule has 3 aromatic rings. The molecular formula is C18H21N4OS+. The molecule has 0 aliphatic carbocycles. The lowest BCUT2D eigenvalue weighted by atomic mass is 10.2. The summed E-state index contributed by atoms with van der Waals surface area (Å²) in [5, 5.41) is 3.90. The third-order valence-electron chi connectivity index (χ3n) is 3.82. The number of aryl methyl sites for hydroxylation is 1. The van der Waals surface area contributed by atoms with E-state index in [4.69, 9.17) is 0 Å². The topological polar surface area (TPSA) is 52.0 Å². The van der Waals surface area contributed by atoms with E-state index >= 15 is 0 Å². The van der Waals surface area contributed by atoms with Crippen molar-refractivity contribution in [1.82, 2.24) is 4.98 Å². The van der Waals surface area contributed by atoms with Crippen LogP contribution < -0.4 is 14.8 Å². The van der Waals surface area contributed by atoms with Crippen LogP contribution in [0.5, 0.6) is 0 Å². The Morgan fingerprint density at radius 3 is 2.54 bits per heavy atom. The Bertz CT molecular complexity index is 855. The summed E-state index contributed by atoms with van der Waals surface area (Å²) in [7, 11) is 5.98. The molecular weight excluding hydrogens is 320 g/mol. The van der Waals surface area contributed by atoms with E-state index in [0.717, 1.165) is 27.6 Å². The standard InChI is InChI=1S/C18H20N4OS/c1-21(2)14-10-8-13(9-11-14)19-17(23)12-24-18-20-15-6-4-5-7-16(15)22(18)3/h4-11H,12H2,1-3H3,(H,19,23)/p+1. The van der Waals surface area contributed by atoms with Gasteiger partial charge in [0.1, 0.15) is 0 Å². The van der Waals surface area contributed by atoms with Gasteiger partial charge in [-0.15, -0.1) is 0 Å². The van der Waals surface area contributed by atoms with Gasteiger partial charge in [-0.3, -0.25) is 4.79 Å². The second kappa shape index (κ2) is 6.97. The lowest BCUT2D eigenvalue weighted by Crippen LogP contribution is -2.29. The minimum Gasteiger partial charge on any atom is -0.378 e. The van der Waals surface area contributed by atoms with Crippen molar-refractivity contribution in [2.24, 2.45) is 7.05 Å². The van der Waals surface area contributed by atoms with Crippen molar-refractivity contribution in [2.75, 3.05) is 30.1 Å². The van der Waals surface area contributed by atoms with Crippen LogP contribution in [-0.2, 0) is 11.8 Å². The molecule has 0 saturated carbocycles. The summed E-state index contributed by atoms with van der Waals surface area (Å²) in [6.45, 7) is 0. The van der Waals surface area contributed by atoms with Crippen molar-refractivity contribution in [1.29, 1.82) is 0 Å². The Kier molecular flexibility index (Phi) is 4.76. The van der Waals surface area contributed by atoms with Crippen molar-refractivity contribution < 1.29 is 9.36 Å². The molecule has 0 radical (unpaired) electrons. The number of aromatic nitrogens is 2. The van der Waals surface area contributed by atoms with E-state index in [9.17, 15) is 4.79 Å². The summed E-state index contributed by atoms with van der Waals surface area (Å²) in [6, 6.07) is 15.9. The van der Waals surface area contributed by atoms with Gasteiger partial charge in [-0.05, 0) is 48.2 Å². The van der Waals surface area contributed by atoms with Crippen LogP contribution in [0.4, 0.5) is 11.4 Å². The van der Waals surface area contributed by atoms with Crippen LogP contribution in [-0.4, -0.2) is 30.7 Å². The maximum Gasteiger partial charge on any atom is 0.317 e. The first-order chi connectivity index (χ1) is 11.5. The fraction of sp³-hybridized carbons (Fsp3) is 0.222. The number of nitrogens with zero attached hydrogens (tertiary/aromatic N) is 2. The molecule has 0 bridgehead atoms. The molecule has 1 amide bonds. The molecule has 24 heavy (non-hydrogen) atoms. The number of rotatable bonds is 5. The molecule has 0 aliphatic rings. The molecule has 6 heteroatoms. The molecule has 0 atom stereocenters. The highest BCUT2D eigenvalue weighted by atomic mass is 32.2. The molecule has 1 aromatic heterocycles. The maximum absolute atomic E-state index is 12.2. The SMILES string of the molecule is CN(C)c1ccc(NC(=O)CSc2[nH]c3ccccc3[n+]2C)cc1. The molecule has 3 rings (SSSR count). The summed E-state index contributed by atoms with van der Waals surface area (Å²) < 4.78 is 2.07. The summed E-state index contributed by atoms with van der Waals surface area (Å²) in [5.41, 5.74) is 4.11. The molecule has 124 valence electrons. The smallest absolute Gasteiger partial charge is 0.317 e. The highest BCUT2D eigenvalue weighted by molar-refractivity contribution is 7.99. The average Bonchev–Trinajstić information content (AvgIpc) is 2.90. The van der Waals surface area contributed by atoms with Crippen LogP contribution in [0.1, 0.15) is 0 Å². The van der Waals surface area contributed by atoms with Crippen LogP contribution in [0, 0.1) is 0 Å². The quantitative estimate of drug-likeness (QED) is 0.554. The van der Waals surface area contributed by atoms with Gasteiger partial charge in [0.25, 0.3) is 0 Å².